The second-order valence-electron chi connectivity index (χ2n) is 6.85. The Hall–Kier alpha value is -2.28. The molecule has 1 rings (SSSR count). The second kappa shape index (κ2) is 14.7. The van der Waals surface area contributed by atoms with Crippen molar-refractivity contribution in [2.75, 3.05) is 6.61 Å². The fourth-order valence-electron chi connectivity index (χ4n) is 2.89. The highest BCUT2D eigenvalue weighted by molar-refractivity contribution is 6.03. The molecule has 0 amide bonds. The number of hydrogen-bond donors (Lipinski definition) is 0. The number of benzene rings is 1. The van der Waals surface area contributed by atoms with Gasteiger partial charge in [0, 0.05) is 0 Å². The van der Waals surface area contributed by atoms with Gasteiger partial charge >= 0.3 is 11.9 Å². The van der Waals surface area contributed by atoms with Gasteiger partial charge in [0.25, 0.3) is 0 Å². The van der Waals surface area contributed by atoms with Gasteiger partial charge < -0.3 is 9.47 Å². The van der Waals surface area contributed by atoms with E-state index in [-0.39, 0.29) is 11.1 Å². The molecule has 1 atom stereocenters. The lowest BCUT2D eigenvalue weighted by molar-refractivity contribution is 0.0384. The molecular formula is C24H34O4. The fraction of sp³-hybridized carbons (Fsp3) is 0.583. The quantitative estimate of drug-likeness (QED) is 0.239. The maximum absolute atomic E-state index is 12.4. The van der Waals surface area contributed by atoms with Crippen LogP contribution in [0, 0.1) is 11.8 Å². The van der Waals surface area contributed by atoms with Crippen molar-refractivity contribution in [1.82, 2.24) is 0 Å². The number of ether oxygens (including phenoxy) is 2. The van der Waals surface area contributed by atoms with Gasteiger partial charge in [-0.2, -0.15) is 0 Å². The molecule has 0 fully saturated rings. The van der Waals surface area contributed by atoms with Crippen LogP contribution in [-0.2, 0) is 9.47 Å². The van der Waals surface area contributed by atoms with E-state index in [0.717, 1.165) is 12.8 Å². The highest BCUT2D eigenvalue weighted by atomic mass is 16.5. The summed E-state index contributed by atoms with van der Waals surface area (Å²) in [4.78, 5) is 24.8. The summed E-state index contributed by atoms with van der Waals surface area (Å²) in [7, 11) is 0. The molecule has 0 saturated heterocycles. The molecule has 4 heteroatoms. The Kier molecular flexibility index (Phi) is 12.5. The van der Waals surface area contributed by atoms with E-state index in [2.05, 4.69) is 18.8 Å². The van der Waals surface area contributed by atoms with Crippen LogP contribution < -0.4 is 0 Å². The molecule has 28 heavy (non-hydrogen) atoms. The Balaban J connectivity index is 2.47. The van der Waals surface area contributed by atoms with Crippen molar-refractivity contribution in [2.45, 2.75) is 84.7 Å². The highest BCUT2D eigenvalue weighted by Gasteiger charge is 2.20. The Morgan fingerprint density at radius 2 is 1.46 bits per heavy atom. The number of carbonyl (C=O) groups excluding carboxylic acids is 2. The van der Waals surface area contributed by atoms with Crippen molar-refractivity contribution in [3.05, 3.63) is 35.4 Å². The number of esters is 2. The predicted octanol–water partition coefficient (Wildman–Crippen LogP) is 5.94. The third kappa shape index (κ3) is 9.08. The Bertz CT molecular complexity index is 654. The van der Waals surface area contributed by atoms with E-state index < -0.39 is 18.0 Å². The third-order valence-corrected chi connectivity index (χ3v) is 4.52. The van der Waals surface area contributed by atoms with Crippen LogP contribution in [0.4, 0.5) is 0 Å². The smallest absolute Gasteiger partial charge is 0.340 e. The Morgan fingerprint density at radius 3 is 2.04 bits per heavy atom. The molecule has 0 aliphatic rings. The minimum Gasteiger partial charge on any atom is -0.462 e. The van der Waals surface area contributed by atoms with Gasteiger partial charge in [-0.05, 0) is 31.9 Å². The molecule has 1 aromatic carbocycles. The van der Waals surface area contributed by atoms with Crippen LogP contribution in [0.5, 0.6) is 0 Å². The summed E-state index contributed by atoms with van der Waals surface area (Å²) in [5.74, 6) is 4.57. The fourth-order valence-corrected chi connectivity index (χ4v) is 2.89. The van der Waals surface area contributed by atoms with Gasteiger partial charge in [-0.15, -0.1) is 5.92 Å². The highest BCUT2D eigenvalue weighted by Crippen LogP contribution is 2.14. The zero-order valence-corrected chi connectivity index (χ0v) is 17.6. The molecule has 4 nitrogen and oxygen atoms in total. The molecule has 0 aliphatic carbocycles. The molecule has 0 heterocycles. The topological polar surface area (TPSA) is 52.6 Å². The summed E-state index contributed by atoms with van der Waals surface area (Å²) in [6, 6.07) is 6.60. The van der Waals surface area contributed by atoms with Crippen LogP contribution in [0.1, 0.15) is 99.3 Å². The van der Waals surface area contributed by atoms with Crippen molar-refractivity contribution in [3.63, 3.8) is 0 Å². The largest absolute Gasteiger partial charge is 0.462 e. The minimum absolute atomic E-state index is 0.222. The van der Waals surface area contributed by atoms with E-state index >= 15 is 0 Å². The first-order valence-corrected chi connectivity index (χ1v) is 10.5. The Labute approximate surface area is 170 Å². The number of hydrogen-bond acceptors (Lipinski definition) is 4. The van der Waals surface area contributed by atoms with E-state index in [1.54, 1.807) is 31.2 Å². The van der Waals surface area contributed by atoms with Gasteiger partial charge in [0.05, 0.1) is 17.7 Å². The molecule has 0 N–H and O–H groups in total. The number of unbranched alkanes of at least 4 members (excludes halogenated alkanes) is 7. The van der Waals surface area contributed by atoms with Crippen LogP contribution in [0.25, 0.3) is 0 Å². The van der Waals surface area contributed by atoms with Crippen molar-refractivity contribution in [3.8, 4) is 11.8 Å². The molecule has 1 aromatic rings. The summed E-state index contributed by atoms with van der Waals surface area (Å²) in [5.41, 5.74) is 0.464. The van der Waals surface area contributed by atoms with Gasteiger partial charge in [-0.3, -0.25) is 0 Å². The van der Waals surface area contributed by atoms with E-state index in [4.69, 9.17) is 9.47 Å². The SMILES string of the molecule is CC#CC(CC)OC(=O)c1ccccc1C(=O)OCCCCCCCCCC. The predicted molar refractivity (Wildman–Crippen MR) is 112 cm³/mol. The maximum atomic E-state index is 12.4. The standard InChI is InChI=1S/C24H34O4/c1-4-7-8-9-10-11-12-15-19-27-23(25)21-17-13-14-18-22(21)24(26)28-20(6-3)16-5-2/h13-14,17-18,20H,4,6-12,15,19H2,1-3H3. The van der Waals surface area contributed by atoms with Gasteiger partial charge in [0.15, 0.2) is 6.10 Å². The minimum atomic E-state index is -0.547. The summed E-state index contributed by atoms with van der Waals surface area (Å²) < 4.78 is 10.8. The van der Waals surface area contributed by atoms with Crippen molar-refractivity contribution >= 4 is 11.9 Å². The summed E-state index contributed by atoms with van der Waals surface area (Å²) >= 11 is 0. The molecule has 0 saturated carbocycles. The molecular weight excluding hydrogens is 352 g/mol. The van der Waals surface area contributed by atoms with E-state index in [1.165, 1.54) is 38.5 Å². The summed E-state index contributed by atoms with van der Waals surface area (Å²) in [6.45, 7) is 6.18. The van der Waals surface area contributed by atoms with Gasteiger partial charge in [0.1, 0.15) is 0 Å². The second-order valence-corrected chi connectivity index (χ2v) is 6.85. The first-order chi connectivity index (χ1) is 13.6. The average molecular weight is 387 g/mol. The van der Waals surface area contributed by atoms with Gasteiger partial charge in [0.2, 0.25) is 0 Å². The molecule has 0 spiro atoms. The molecule has 0 aromatic heterocycles. The first-order valence-electron chi connectivity index (χ1n) is 10.5. The number of rotatable bonds is 13. The lowest BCUT2D eigenvalue weighted by Crippen LogP contribution is -2.19. The van der Waals surface area contributed by atoms with Crippen molar-refractivity contribution in [1.29, 1.82) is 0 Å². The monoisotopic (exact) mass is 386 g/mol. The third-order valence-electron chi connectivity index (χ3n) is 4.52. The van der Waals surface area contributed by atoms with Crippen molar-refractivity contribution in [2.24, 2.45) is 0 Å². The summed E-state index contributed by atoms with van der Waals surface area (Å²) in [5, 5.41) is 0. The van der Waals surface area contributed by atoms with Crippen LogP contribution >= 0.6 is 0 Å². The van der Waals surface area contributed by atoms with Gasteiger partial charge in [-0.1, -0.05) is 76.8 Å². The Morgan fingerprint density at radius 1 is 0.893 bits per heavy atom. The van der Waals surface area contributed by atoms with Crippen LogP contribution in [0.2, 0.25) is 0 Å². The molecule has 154 valence electrons. The number of carbonyl (C=O) groups is 2. The first kappa shape index (κ1) is 23.8. The average Bonchev–Trinajstić information content (AvgIpc) is 2.72. The molecule has 0 bridgehead atoms. The van der Waals surface area contributed by atoms with Crippen molar-refractivity contribution < 1.29 is 19.1 Å². The van der Waals surface area contributed by atoms with E-state index in [1.807, 2.05) is 6.92 Å². The lowest BCUT2D eigenvalue weighted by atomic mass is 10.1. The molecule has 1 unspecified atom stereocenters. The molecule has 0 aliphatic heterocycles. The zero-order chi connectivity index (χ0) is 20.6. The van der Waals surface area contributed by atoms with E-state index in [9.17, 15) is 9.59 Å². The lowest BCUT2D eigenvalue weighted by Gasteiger charge is -2.13. The van der Waals surface area contributed by atoms with Crippen LogP contribution in [0.3, 0.4) is 0 Å². The normalized spacial score (nSPS) is 11.2. The van der Waals surface area contributed by atoms with E-state index in [0.29, 0.717) is 13.0 Å². The van der Waals surface area contributed by atoms with Crippen LogP contribution in [0.15, 0.2) is 24.3 Å². The maximum Gasteiger partial charge on any atom is 0.340 e. The van der Waals surface area contributed by atoms with Crippen LogP contribution in [-0.4, -0.2) is 24.6 Å². The van der Waals surface area contributed by atoms with Gasteiger partial charge in [-0.25, -0.2) is 9.59 Å². The zero-order valence-electron chi connectivity index (χ0n) is 17.6. The molecule has 0 radical (unpaired) electrons. The summed E-state index contributed by atoms with van der Waals surface area (Å²) in [6.07, 6.45) is 9.58.